The Kier molecular flexibility index (Phi) is 7.73. The van der Waals surface area contributed by atoms with Crippen LogP contribution in [0.3, 0.4) is 0 Å². The van der Waals surface area contributed by atoms with E-state index in [2.05, 4.69) is 10.0 Å². The average Bonchev–Trinajstić information content (AvgIpc) is 2.97. The van der Waals surface area contributed by atoms with Crippen LogP contribution in [0.2, 0.25) is 0 Å². The molecule has 0 bridgehead atoms. The van der Waals surface area contributed by atoms with Crippen LogP contribution in [-0.2, 0) is 24.8 Å². The number of nitrogens with one attached hydrogen (secondary N) is 2. The first-order valence-corrected chi connectivity index (χ1v) is 15.3. The Hall–Kier alpha value is -4.74. The summed E-state index contributed by atoms with van der Waals surface area (Å²) in [5.41, 5.74) is 0.794. The summed E-state index contributed by atoms with van der Waals surface area (Å²) in [5.74, 6) is -1.24. The van der Waals surface area contributed by atoms with Gasteiger partial charge in [0.25, 0.3) is 20.0 Å². The van der Waals surface area contributed by atoms with E-state index in [9.17, 15) is 26.0 Å². The van der Waals surface area contributed by atoms with Crippen molar-refractivity contribution in [3.63, 3.8) is 0 Å². The summed E-state index contributed by atoms with van der Waals surface area (Å²) in [6, 6.07) is 30.5. The monoisotopic (exact) mass is 589 g/mol. The highest BCUT2D eigenvalue weighted by molar-refractivity contribution is 7.93. The first kappa shape index (κ1) is 27.8. The van der Waals surface area contributed by atoms with Crippen LogP contribution in [0.15, 0.2) is 131 Å². The molecule has 0 aliphatic heterocycles. The minimum Gasteiger partial charge on any atom is -0.325 e. The van der Waals surface area contributed by atoms with Crippen molar-refractivity contribution in [3.8, 4) is 0 Å². The summed E-state index contributed by atoms with van der Waals surface area (Å²) in [6.07, 6.45) is 0. The van der Waals surface area contributed by atoms with Gasteiger partial charge in [-0.15, -0.1) is 0 Å². The number of nitrogens with zero attached hydrogens (tertiary/aromatic N) is 1. The van der Waals surface area contributed by atoms with Crippen molar-refractivity contribution in [2.75, 3.05) is 20.9 Å². The van der Waals surface area contributed by atoms with Gasteiger partial charge >= 0.3 is 0 Å². The quantitative estimate of drug-likeness (QED) is 0.232. The van der Waals surface area contributed by atoms with Gasteiger partial charge in [-0.05, 0) is 72.1 Å². The van der Waals surface area contributed by atoms with Crippen LogP contribution in [0.25, 0.3) is 10.8 Å². The molecule has 5 aromatic rings. The van der Waals surface area contributed by atoms with E-state index in [0.29, 0.717) is 5.69 Å². The number of hydrogen-bond donors (Lipinski definition) is 2. The molecule has 0 saturated carbocycles. The fourth-order valence-electron chi connectivity index (χ4n) is 4.21. The Morgan fingerprint density at radius 2 is 1.32 bits per heavy atom. The van der Waals surface area contributed by atoms with Crippen LogP contribution >= 0.6 is 0 Å². The predicted molar refractivity (Wildman–Crippen MR) is 157 cm³/mol. The van der Waals surface area contributed by atoms with Gasteiger partial charge in [0.1, 0.15) is 12.4 Å². The number of sulfonamides is 2. The summed E-state index contributed by atoms with van der Waals surface area (Å²) in [6.45, 7) is -0.606. The van der Waals surface area contributed by atoms with Crippen molar-refractivity contribution < 1.29 is 26.0 Å². The van der Waals surface area contributed by atoms with Gasteiger partial charge in [-0.1, -0.05) is 54.6 Å². The molecule has 0 heterocycles. The SMILES string of the molecule is O=C(CN(c1ccc(F)cc1)S(=O)(=O)c1ccccc1)Nc1ccc(S(=O)(=O)Nc2cccc3ccccc23)cc1. The van der Waals surface area contributed by atoms with Crippen LogP contribution in [0.4, 0.5) is 21.5 Å². The first-order valence-electron chi connectivity index (χ1n) is 12.4. The Morgan fingerprint density at radius 3 is 2.02 bits per heavy atom. The second-order valence-electron chi connectivity index (χ2n) is 9.01. The van der Waals surface area contributed by atoms with E-state index >= 15 is 0 Å². The van der Waals surface area contributed by atoms with Crippen molar-refractivity contribution in [3.05, 3.63) is 127 Å². The van der Waals surface area contributed by atoms with E-state index < -0.39 is 38.3 Å². The summed E-state index contributed by atoms with van der Waals surface area (Å²) in [5, 5.41) is 4.23. The van der Waals surface area contributed by atoms with Crippen LogP contribution in [0.1, 0.15) is 0 Å². The molecular formula is C30H24FN3O5S2. The largest absolute Gasteiger partial charge is 0.325 e. The minimum absolute atomic E-state index is 0.0250. The van der Waals surface area contributed by atoms with Crippen LogP contribution < -0.4 is 14.3 Å². The lowest BCUT2D eigenvalue weighted by Gasteiger charge is -2.24. The Morgan fingerprint density at radius 1 is 0.683 bits per heavy atom. The Labute approximate surface area is 237 Å². The van der Waals surface area contributed by atoms with Crippen molar-refractivity contribution in [2.24, 2.45) is 0 Å². The van der Waals surface area contributed by atoms with Gasteiger partial charge in [0.15, 0.2) is 0 Å². The van der Waals surface area contributed by atoms with Crippen molar-refractivity contribution in [2.45, 2.75) is 9.79 Å². The Balaban J connectivity index is 1.34. The van der Waals surface area contributed by atoms with E-state index in [1.807, 2.05) is 30.3 Å². The van der Waals surface area contributed by atoms with Gasteiger partial charge in [-0.25, -0.2) is 21.2 Å². The van der Waals surface area contributed by atoms with Crippen molar-refractivity contribution in [1.29, 1.82) is 0 Å². The number of hydrogen-bond acceptors (Lipinski definition) is 5. The van der Waals surface area contributed by atoms with Gasteiger partial charge in [-0.2, -0.15) is 0 Å². The molecule has 0 aliphatic carbocycles. The molecule has 208 valence electrons. The maximum atomic E-state index is 13.5. The summed E-state index contributed by atoms with van der Waals surface area (Å²) in [7, 11) is -8.10. The van der Waals surface area contributed by atoms with E-state index in [0.717, 1.165) is 27.2 Å². The number of amides is 1. The molecule has 8 nitrogen and oxygen atoms in total. The number of halogens is 1. The van der Waals surface area contributed by atoms with Gasteiger partial charge in [0.2, 0.25) is 5.91 Å². The highest BCUT2D eigenvalue weighted by Crippen LogP contribution is 2.27. The number of fused-ring (bicyclic) bond motifs is 1. The van der Waals surface area contributed by atoms with Crippen LogP contribution in [-0.4, -0.2) is 29.3 Å². The van der Waals surface area contributed by atoms with Crippen LogP contribution in [0.5, 0.6) is 0 Å². The zero-order chi connectivity index (χ0) is 29.0. The third-order valence-corrected chi connectivity index (χ3v) is 9.38. The zero-order valence-corrected chi connectivity index (χ0v) is 23.1. The van der Waals surface area contributed by atoms with Crippen LogP contribution in [0, 0.1) is 5.82 Å². The predicted octanol–water partition coefficient (Wildman–Crippen LogP) is 5.61. The van der Waals surface area contributed by atoms with E-state index in [1.54, 1.807) is 30.3 Å². The second kappa shape index (κ2) is 11.4. The smallest absolute Gasteiger partial charge is 0.264 e. The molecule has 1 amide bonds. The lowest BCUT2D eigenvalue weighted by atomic mass is 10.1. The zero-order valence-electron chi connectivity index (χ0n) is 21.4. The molecule has 2 N–H and O–H groups in total. The number of benzene rings is 5. The number of rotatable bonds is 9. The van der Waals surface area contributed by atoms with Crippen molar-refractivity contribution in [1.82, 2.24) is 0 Å². The van der Waals surface area contributed by atoms with Gasteiger partial charge < -0.3 is 5.32 Å². The molecular weight excluding hydrogens is 565 g/mol. The fourth-order valence-corrected chi connectivity index (χ4v) is 6.73. The lowest BCUT2D eigenvalue weighted by molar-refractivity contribution is -0.114. The number of carbonyl (C=O) groups is 1. The third kappa shape index (κ3) is 6.21. The maximum Gasteiger partial charge on any atom is 0.264 e. The summed E-state index contributed by atoms with van der Waals surface area (Å²) >= 11 is 0. The second-order valence-corrected chi connectivity index (χ2v) is 12.6. The number of anilines is 3. The van der Waals surface area contributed by atoms with E-state index in [1.165, 1.54) is 48.5 Å². The molecule has 0 atom stereocenters. The highest BCUT2D eigenvalue weighted by Gasteiger charge is 2.27. The average molecular weight is 590 g/mol. The number of carbonyl (C=O) groups excluding carboxylic acids is 1. The van der Waals surface area contributed by atoms with Gasteiger partial charge in [0.05, 0.1) is 21.2 Å². The van der Waals surface area contributed by atoms with Gasteiger partial charge in [-0.3, -0.25) is 13.8 Å². The first-order chi connectivity index (χ1) is 19.6. The topological polar surface area (TPSA) is 113 Å². The maximum absolute atomic E-state index is 13.5. The standard InChI is InChI=1S/C30H24FN3O5S2/c31-23-13-17-25(18-14-23)34(41(38,39)27-9-2-1-3-10-27)21-30(35)32-24-15-19-26(20-16-24)40(36,37)33-29-12-6-8-22-7-4-5-11-28(22)29/h1-20,33H,21H2,(H,32,35). The van der Waals surface area contributed by atoms with Gasteiger partial charge in [0, 0.05) is 11.1 Å². The normalized spacial score (nSPS) is 11.6. The molecule has 41 heavy (non-hydrogen) atoms. The lowest BCUT2D eigenvalue weighted by Crippen LogP contribution is -2.38. The minimum atomic E-state index is -4.16. The van der Waals surface area contributed by atoms with E-state index in [-0.39, 0.29) is 21.2 Å². The van der Waals surface area contributed by atoms with Crippen molar-refractivity contribution >= 4 is 53.8 Å². The molecule has 0 saturated heterocycles. The summed E-state index contributed by atoms with van der Waals surface area (Å²) < 4.78 is 69.9. The molecule has 0 aliphatic rings. The fraction of sp³-hybridized carbons (Fsp3) is 0.0333. The molecule has 5 rings (SSSR count). The third-order valence-electron chi connectivity index (χ3n) is 6.22. The molecule has 0 aromatic heterocycles. The molecule has 0 spiro atoms. The molecule has 0 unspecified atom stereocenters. The summed E-state index contributed by atoms with van der Waals surface area (Å²) in [4.78, 5) is 12.9. The molecule has 11 heteroatoms. The molecule has 0 radical (unpaired) electrons. The molecule has 0 fully saturated rings. The Bertz CT molecular complexity index is 1910. The highest BCUT2D eigenvalue weighted by atomic mass is 32.2. The molecule has 5 aromatic carbocycles. The van der Waals surface area contributed by atoms with E-state index in [4.69, 9.17) is 0 Å².